The van der Waals surface area contributed by atoms with Gasteiger partial charge in [-0.2, -0.15) is 0 Å². The highest BCUT2D eigenvalue weighted by atomic mass is 16.5. The smallest absolute Gasteiger partial charge is 0.226 e. The summed E-state index contributed by atoms with van der Waals surface area (Å²) in [5.74, 6) is 1.03. The van der Waals surface area contributed by atoms with Crippen molar-refractivity contribution in [3.8, 4) is 11.5 Å². The summed E-state index contributed by atoms with van der Waals surface area (Å²) < 4.78 is 10.4. The van der Waals surface area contributed by atoms with Gasteiger partial charge in [0.2, 0.25) is 11.8 Å². The summed E-state index contributed by atoms with van der Waals surface area (Å²) in [7, 11) is 3.11. The van der Waals surface area contributed by atoms with Crippen molar-refractivity contribution >= 4 is 17.5 Å². The molecule has 0 unspecified atom stereocenters. The van der Waals surface area contributed by atoms with Crippen molar-refractivity contribution in [3.63, 3.8) is 0 Å². The Labute approximate surface area is 144 Å². The van der Waals surface area contributed by atoms with Crippen LogP contribution >= 0.6 is 0 Å². The van der Waals surface area contributed by atoms with Crippen LogP contribution in [0.2, 0.25) is 0 Å². The van der Waals surface area contributed by atoms with Crippen molar-refractivity contribution in [2.75, 3.05) is 32.6 Å². The molecule has 0 bridgehead atoms. The van der Waals surface area contributed by atoms with Gasteiger partial charge in [0.15, 0.2) is 0 Å². The van der Waals surface area contributed by atoms with E-state index in [1.807, 2.05) is 0 Å². The second-order valence-electron chi connectivity index (χ2n) is 5.58. The normalized spacial score (nSPS) is 10.2. The fraction of sp³-hybridized carbons (Fsp3) is 0.556. The Kier molecular flexibility index (Phi) is 8.68. The van der Waals surface area contributed by atoms with Crippen LogP contribution in [0.4, 0.5) is 5.69 Å². The molecule has 0 spiro atoms. The highest BCUT2D eigenvalue weighted by molar-refractivity contribution is 5.92. The predicted octanol–water partition coefficient (Wildman–Crippen LogP) is 3.07. The number of anilines is 1. The number of hydrogen-bond acceptors (Lipinski definition) is 4. The van der Waals surface area contributed by atoms with E-state index in [2.05, 4.69) is 12.2 Å². The standard InChI is InChI=1S/C18H28N2O4/c1-5-6-7-11-20(14(2)21)12-10-18(22)19-16-13-15(23-3)8-9-17(16)24-4/h8-9,13H,5-7,10-12H2,1-4H3,(H,19,22). The van der Waals surface area contributed by atoms with E-state index >= 15 is 0 Å². The second-order valence-corrected chi connectivity index (χ2v) is 5.58. The van der Waals surface area contributed by atoms with E-state index in [1.54, 1.807) is 37.3 Å². The summed E-state index contributed by atoms with van der Waals surface area (Å²) in [6.07, 6.45) is 3.38. The van der Waals surface area contributed by atoms with Crippen molar-refractivity contribution in [3.05, 3.63) is 18.2 Å². The summed E-state index contributed by atoms with van der Waals surface area (Å²) in [6, 6.07) is 5.21. The van der Waals surface area contributed by atoms with E-state index < -0.39 is 0 Å². The number of nitrogens with zero attached hydrogens (tertiary/aromatic N) is 1. The third-order valence-corrected chi connectivity index (χ3v) is 3.77. The van der Waals surface area contributed by atoms with Crippen molar-refractivity contribution in [1.29, 1.82) is 0 Å². The molecule has 0 saturated heterocycles. The maximum absolute atomic E-state index is 12.2. The van der Waals surface area contributed by atoms with Crippen LogP contribution in [0.3, 0.4) is 0 Å². The van der Waals surface area contributed by atoms with Crippen LogP contribution in [0, 0.1) is 0 Å². The van der Waals surface area contributed by atoms with E-state index in [0.717, 1.165) is 19.3 Å². The summed E-state index contributed by atoms with van der Waals surface area (Å²) in [5, 5.41) is 2.82. The first kappa shape index (κ1) is 19.8. The van der Waals surface area contributed by atoms with Crippen LogP contribution in [0.5, 0.6) is 11.5 Å². The lowest BCUT2D eigenvalue weighted by molar-refractivity contribution is -0.129. The molecule has 6 heteroatoms. The molecule has 0 atom stereocenters. The van der Waals surface area contributed by atoms with Gasteiger partial charge in [-0.25, -0.2) is 0 Å². The number of hydrogen-bond donors (Lipinski definition) is 1. The van der Waals surface area contributed by atoms with E-state index in [1.165, 1.54) is 6.92 Å². The summed E-state index contributed by atoms with van der Waals surface area (Å²) >= 11 is 0. The van der Waals surface area contributed by atoms with Gasteiger partial charge in [0.1, 0.15) is 11.5 Å². The lowest BCUT2D eigenvalue weighted by Gasteiger charge is -2.21. The molecule has 1 aromatic carbocycles. The first-order chi connectivity index (χ1) is 11.5. The van der Waals surface area contributed by atoms with Crippen molar-refractivity contribution in [2.24, 2.45) is 0 Å². The molecule has 0 aliphatic heterocycles. The number of carbonyl (C=O) groups is 2. The molecule has 0 aliphatic rings. The molecule has 0 fully saturated rings. The topological polar surface area (TPSA) is 67.9 Å². The SMILES string of the molecule is CCCCCN(CCC(=O)Nc1cc(OC)ccc1OC)C(C)=O. The van der Waals surface area contributed by atoms with Crippen molar-refractivity contribution in [2.45, 2.75) is 39.5 Å². The Morgan fingerprint density at radius 1 is 1.12 bits per heavy atom. The van der Waals surface area contributed by atoms with Gasteiger partial charge in [-0.1, -0.05) is 19.8 Å². The number of benzene rings is 1. The Morgan fingerprint density at radius 2 is 1.88 bits per heavy atom. The third-order valence-electron chi connectivity index (χ3n) is 3.77. The monoisotopic (exact) mass is 336 g/mol. The summed E-state index contributed by atoms with van der Waals surface area (Å²) in [4.78, 5) is 25.6. The maximum Gasteiger partial charge on any atom is 0.226 e. The first-order valence-electron chi connectivity index (χ1n) is 8.29. The molecular weight excluding hydrogens is 308 g/mol. The average molecular weight is 336 g/mol. The van der Waals surface area contributed by atoms with E-state index in [9.17, 15) is 9.59 Å². The zero-order valence-electron chi connectivity index (χ0n) is 15.1. The minimum absolute atomic E-state index is 0.00198. The Hall–Kier alpha value is -2.24. The number of rotatable bonds is 10. The van der Waals surface area contributed by atoms with Gasteiger partial charge in [-0.05, 0) is 18.6 Å². The molecule has 1 aromatic rings. The van der Waals surface area contributed by atoms with E-state index in [0.29, 0.717) is 30.3 Å². The molecular formula is C18H28N2O4. The molecule has 0 radical (unpaired) electrons. The summed E-state index contributed by atoms with van der Waals surface area (Å²) in [5.41, 5.74) is 0.558. The van der Waals surface area contributed by atoms with Gasteiger partial charge in [0, 0.05) is 32.5 Å². The van der Waals surface area contributed by atoms with Crippen LogP contribution < -0.4 is 14.8 Å². The lowest BCUT2D eigenvalue weighted by Crippen LogP contribution is -2.32. The number of unbranched alkanes of at least 4 members (excludes halogenated alkanes) is 2. The fourth-order valence-electron chi connectivity index (χ4n) is 2.34. The van der Waals surface area contributed by atoms with Gasteiger partial charge in [-0.15, -0.1) is 0 Å². The highest BCUT2D eigenvalue weighted by Crippen LogP contribution is 2.28. The van der Waals surface area contributed by atoms with Gasteiger partial charge in [0.25, 0.3) is 0 Å². The molecule has 134 valence electrons. The van der Waals surface area contributed by atoms with Crippen molar-refractivity contribution < 1.29 is 19.1 Å². The number of ether oxygens (including phenoxy) is 2. The van der Waals surface area contributed by atoms with Crippen LogP contribution in [0.25, 0.3) is 0 Å². The number of nitrogens with one attached hydrogen (secondary N) is 1. The molecule has 1 rings (SSSR count). The largest absolute Gasteiger partial charge is 0.497 e. The van der Waals surface area contributed by atoms with Crippen LogP contribution in [0.1, 0.15) is 39.5 Å². The Morgan fingerprint density at radius 3 is 2.46 bits per heavy atom. The molecule has 0 aliphatic carbocycles. The van der Waals surface area contributed by atoms with Crippen molar-refractivity contribution in [1.82, 2.24) is 4.90 Å². The molecule has 0 heterocycles. The fourth-order valence-corrected chi connectivity index (χ4v) is 2.34. The zero-order valence-corrected chi connectivity index (χ0v) is 15.1. The van der Waals surface area contributed by atoms with Gasteiger partial charge >= 0.3 is 0 Å². The third kappa shape index (κ3) is 6.48. The summed E-state index contributed by atoms with van der Waals surface area (Å²) in [6.45, 7) is 4.76. The number of amides is 2. The molecule has 1 N–H and O–H groups in total. The second kappa shape index (κ2) is 10.5. The van der Waals surface area contributed by atoms with Crippen LogP contribution in [-0.4, -0.2) is 44.0 Å². The first-order valence-corrected chi connectivity index (χ1v) is 8.29. The minimum Gasteiger partial charge on any atom is -0.497 e. The average Bonchev–Trinajstić information content (AvgIpc) is 2.57. The Balaban J connectivity index is 2.60. The minimum atomic E-state index is -0.164. The number of methoxy groups -OCH3 is 2. The Bertz CT molecular complexity index is 546. The van der Waals surface area contributed by atoms with E-state index in [-0.39, 0.29) is 18.2 Å². The lowest BCUT2D eigenvalue weighted by atomic mass is 10.2. The molecule has 24 heavy (non-hydrogen) atoms. The van der Waals surface area contributed by atoms with E-state index in [4.69, 9.17) is 9.47 Å². The predicted molar refractivity (Wildman–Crippen MR) is 94.6 cm³/mol. The maximum atomic E-state index is 12.2. The molecule has 0 saturated carbocycles. The van der Waals surface area contributed by atoms with Gasteiger partial charge in [0.05, 0.1) is 19.9 Å². The molecule has 0 aromatic heterocycles. The van der Waals surface area contributed by atoms with Gasteiger partial charge in [-0.3, -0.25) is 9.59 Å². The zero-order chi connectivity index (χ0) is 17.9. The molecule has 6 nitrogen and oxygen atoms in total. The van der Waals surface area contributed by atoms with Crippen LogP contribution in [0.15, 0.2) is 18.2 Å². The van der Waals surface area contributed by atoms with Gasteiger partial charge < -0.3 is 19.7 Å². The molecule has 2 amide bonds. The number of carbonyl (C=O) groups excluding carboxylic acids is 2. The highest BCUT2D eigenvalue weighted by Gasteiger charge is 2.13. The van der Waals surface area contributed by atoms with Crippen LogP contribution in [-0.2, 0) is 9.59 Å². The quantitative estimate of drug-likeness (QED) is 0.667.